The number of imide groups is 1. The number of hydrogen-bond acceptors (Lipinski definition) is 6. The highest BCUT2D eigenvalue weighted by molar-refractivity contribution is 14.1. The fourth-order valence-corrected chi connectivity index (χ4v) is 4.77. The van der Waals surface area contributed by atoms with Gasteiger partial charge in [-0.05, 0) is 76.5 Å². The van der Waals surface area contributed by atoms with Crippen LogP contribution in [0, 0.1) is 3.57 Å². The number of amides is 5. The molecule has 0 aromatic heterocycles. The quantitative estimate of drug-likeness (QED) is 0.169. The molecule has 1 aliphatic rings. The first-order valence-corrected chi connectivity index (χ1v) is 13.4. The monoisotopic (exact) mass is 654 g/mol. The number of halogens is 1. The van der Waals surface area contributed by atoms with Crippen LogP contribution in [0.4, 0.5) is 16.2 Å². The summed E-state index contributed by atoms with van der Waals surface area (Å²) in [7, 11) is 1.46. The van der Waals surface area contributed by atoms with Gasteiger partial charge in [0.15, 0.2) is 18.1 Å². The fraction of sp³-hybridized carbons (Fsp3) is 0.172. The normalized spacial score (nSPS) is 13.7. The minimum atomic E-state index is -0.693. The Bertz CT molecular complexity index is 1470. The van der Waals surface area contributed by atoms with Crippen LogP contribution in [0.2, 0.25) is 0 Å². The van der Waals surface area contributed by atoms with Crippen molar-refractivity contribution >= 4 is 63.8 Å². The third-order valence-electron chi connectivity index (χ3n) is 5.90. The summed E-state index contributed by atoms with van der Waals surface area (Å²) in [5, 5.41) is 8.03. The van der Waals surface area contributed by atoms with Crippen LogP contribution in [0.1, 0.15) is 18.1 Å². The van der Waals surface area contributed by atoms with Crippen LogP contribution < -0.4 is 25.4 Å². The summed E-state index contributed by atoms with van der Waals surface area (Å²) in [6.07, 6.45) is 2.21. The fourth-order valence-electron chi connectivity index (χ4n) is 3.99. The second-order valence-electron chi connectivity index (χ2n) is 8.68. The number of carbonyl (C=O) groups excluding carboxylic acids is 4. The SMILES string of the molecule is CCc1ccccc1NC(=O)CN1C(=O)N/C(=C/c2cc(I)c(OCC(=O)Nc3ccccc3)c(OC)c2)C1=O. The molecule has 0 atom stereocenters. The van der Waals surface area contributed by atoms with Crippen molar-refractivity contribution in [3.63, 3.8) is 0 Å². The molecule has 11 heteroatoms. The Balaban J connectivity index is 1.43. The predicted molar refractivity (Wildman–Crippen MR) is 159 cm³/mol. The maximum atomic E-state index is 13.0. The minimum absolute atomic E-state index is 0.0144. The summed E-state index contributed by atoms with van der Waals surface area (Å²) < 4.78 is 11.8. The van der Waals surface area contributed by atoms with E-state index in [2.05, 4.69) is 16.0 Å². The highest BCUT2D eigenvalue weighted by Gasteiger charge is 2.35. The number of benzene rings is 3. The first-order chi connectivity index (χ1) is 19.3. The summed E-state index contributed by atoms with van der Waals surface area (Å²) in [5.74, 6) is -0.748. The highest BCUT2D eigenvalue weighted by Crippen LogP contribution is 2.35. The third kappa shape index (κ3) is 6.97. The molecule has 206 valence electrons. The number of nitrogens with zero attached hydrogens (tertiary/aromatic N) is 1. The largest absolute Gasteiger partial charge is 0.493 e. The summed E-state index contributed by atoms with van der Waals surface area (Å²) in [4.78, 5) is 51.2. The van der Waals surface area contributed by atoms with Crippen molar-refractivity contribution in [2.24, 2.45) is 0 Å². The Hall–Kier alpha value is -4.39. The van der Waals surface area contributed by atoms with Gasteiger partial charge >= 0.3 is 6.03 Å². The van der Waals surface area contributed by atoms with Crippen molar-refractivity contribution in [3.05, 3.63) is 87.1 Å². The second-order valence-corrected chi connectivity index (χ2v) is 9.84. The first kappa shape index (κ1) is 28.6. The van der Waals surface area contributed by atoms with Gasteiger partial charge in [-0.15, -0.1) is 0 Å². The van der Waals surface area contributed by atoms with Crippen molar-refractivity contribution < 1.29 is 28.7 Å². The lowest BCUT2D eigenvalue weighted by atomic mass is 10.1. The van der Waals surface area contributed by atoms with Crippen LogP contribution in [0.25, 0.3) is 6.08 Å². The molecule has 1 aliphatic heterocycles. The van der Waals surface area contributed by atoms with Gasteiger partial charge in [0.05, 0.1) is 10.7 Å². The van der Waals surface area contributed by atoms with E-state index in [0.717, 1.165) is 16.9 Å². The number of urea groups is 1. The number of rotatable bonds is 10. The van der Waals surface area contributed by atoms with Crippen molar-refractivity contribution in [1.82, 2.24) is 10.2 Å². The Morgan fingerprint density at radius 1 is 1.00 bits per heavy atom. The second kappa shape index (κ2) is 13.1. The standard InChI is InChI=1S/C29H27IN4O6/c1-3-19-9-7-8-12-22(19)32-25(35)16-34-28(37)23(33-29(34)38)14-18-13-21(30)27(24(15-18)39-2)40-17-26(36)31-20-10-5-4-6-11-20/h4-15H,3,16-17H2,1-2H3,(H,31,36)(H,32,35)(H,33,38)/b23-14+. The van der Waals surface area contributed by atoms with E-state index in [9.17, 15) is 19.2 Å². The Morgan fingerprint density at radius 3 is 2.45 bits per heavy atom. The summed E-state index contributed by atoms with van der Waals surface area (Å²) in [5.41, 5.74) is 2.80. The van der Waals surface area contributed by atoms with Crippen LogP contribution in [0.3, 0.4) is 0 Å². The Morgan fingerprint density at radius 2 is 1.73 bits per heavy atom. The maximum Gasteiger partial charge on any atom is 0.329 e. The van der Waals surface area contributed by atoms with E-state index in [0.29, 0.717) is 32.0 Å². The van der Waals surface area contributed by atoms with Gasteiger partial charge in [0.1, 0.15) is 12.2 Å². The molecule has 40 heavy (non-hydrogen) atoms. The number of para-hydroxylation sites is 2. The molecule has 1 fully saturated rings. The van der Waals surface area contributed by atoms with Crippen molar-refractivity contribution in [2.75, 3.05) is 30.9 Å². The molecule has 1 saturated heterocycles. The van der Waals surface area contributed by atoms with Crippen LogP contribution >= 0.6 is 22.6 Å². The molecular formula is C29H27IN4O6. The van der Waals surface area contributed by atoms with Crippen LogP contribution in [-0.2, 0) is 20.8 Å². The average Bonchev–Trinajstić information content (AvgIpc) is 3.20. The maximum absolute atomic E-state index is 13.0. The van der Waals surface area contributed by atoms with E-state index in [1.54, 1.807) is 36.4 Å². The van der Waals surface area contributed by atoms with Crippen molar-refractivity contribution in [3.8, 4) is 11.5 Å². The number of aryl methyl sites for hydroxylation is 1. The van der Waals surface area contributed by atoms with Gasteiger partial charge in [0.25, 0.3) is 11.8 Å². The van der Waals surface area contributed by atoms with Gasteiger partial charge < -0.3 is 25.4 Å². The van der Waals surface area contributed by atoms with Gasteiger partial charge in [-0.2, -0.15) is 0 Å². The molecule has 10 nitrogen and oxygen atoms in total. The number of anilines is 2. The summed E-state index contributed by atoms with van der Waals surface area (Å²) >= 11 is 2.04. The van der Waals surface area contributed by atoms with E-state index in [-0.39, 0.29) is 18.2 Å². The molecule has 0 unspecified atom stereocenters. The molecule has 5 amide bonds. The molecule has 3 aromatic carbocycles. The van der Waals surface area contributed by atoms with Gasteiger partial charge in [0, 0.05) is 11.4 Å². The molecule has 0 spiro atoms. The van der Waals surface area contributed by atoms with Gasteiger partial charge in [-0.25, -0.2) is 9.69 Å². The molecule has 3 aromatic rings. The molecule has 0 radical (unpaired) electrons. The predicted octanol–water partition coefficient (Wildman–Crippen LogP) is 4.41. The van der Waals surface area contributed by atoms with Gasteiger partial charge in [0.2, 0.25) is 5.91 Å². The zero-order valence-electron chi connectivity index (χ0n) is 21.8. The van der Waals surface area contributed by atoms with Crippen LogP contribution in [0.5, 0.6) is 11.5 Å². The number of ether oxygens (including phenoxy) is 2. The Kier molecular flexibility index (Phi) is 9.38. The van der Waals surface area contributed by atoms with Crippen LogP contribution in [-0.4, -0.2) is 48.9 Å². The zero-order chi connectivity index (χ0) is 28.6. The first-order valence-electron chi connectivity index (χ1n) is 12.4. The lowest BCUT2D eigenvalue weighted by Crippen LogP contribution is -2.38. The van der Waals surface area contributed by atoms with E-state index in [1.165, 1.54) is 13.2 Å². The molecule has 3 N–H and O–H groups in total. The average molecular weight is 654 g/mol. The molecule has 0 bridgehead atoms. The number of carbonyl (C=O) groups is 4. The summed E-state index contributed by atoms with van der Waals surface area (Å²) in [6.45, 7) is 1.30. The highest BCUT2D eigenvalue weighted by atomic mass is 127. The van der Waals surface area contributed by atoms with E-state index in [1.807, 2.05) is 59.8 Å². The number of hydrogen-bond donors (Lipinski definition) is 3. The Labute approximate surface area is 244 Å². The van der Waals surface area contributed by atoms with E-state index < -0.39 is 24.4 Å². The molecule has 4 rings (SSSR count). The topological polar surface area (TPSA) is 126 Å². The molecule has 0 aliphatic carbocycles. The lowest BCUT2D eigenvalue weighted by Gasteiger charge is -2.14. The zero-order valence-corrected chi connectivity index (χ0v) is 24.0. The van der Waals surface area contributed by atoms with E-state index >= 15 is 0 Å². The van der Waals surface area contributed by atoms with Crippen molar-refractivity contribution in [1.29, 1.82) is 0 Å². The van der Waals surface area contributed by atoms with Crippen LogP contribution in [0.15, 0.2) is 72.4 Å². The number of nitrogens with one attached hydrogen (secondary N) is 3. The molecular weight excluding hydrogens is 627 g/mol. The summed E-state index contributed by atoms with van der Waals surface area (Å²) in [6, 6.07) is 19.0. The van der Waals surface area contributed by atoms with Gasteiger partial charge in [-0.3, -0.25) is 14.4 Å². The minimum Gasteiger partial charge on any atom is -0.493 e. The van der Waals surface area contributed by atoms with Crippen molar-refractivity contribution in [2.45, 2.75) is 13.3 Å². The van der Waals surface area contributed by atoms with E-state index in [4.69, 9.17) is 9.47 Å². The number of methoxy groups -OCH3 is 1. The molecule has 0 saturated carbocycles. The van der Waals surface area contributed by atoms with Gasteiger partial charge in [-0.1, -0.05) is 43.3 Å². The third-order valence-corrected chi connectivity index (χ3v) is 6.71. The lowest BCUT2D eigenvalue weighted by molar-refractivity contribution is -0.127. The smallest absolute Gasteiger partial charge is 0.329 e. The molecule has 1 heterocycles.